The highest BCUT2D eigenvalue weighted by Crippen LogP contribution is 2.29. The minimum atomic E-state index is -0.970. The Morgan fingerprint density at radius 2 is 0.909 bits per heavy atom. The Bertz CT molecular complexity index is 502. The second-order valence-corrected chi connectivity index (χ2v) is 10.9. The van der Waals surface area contributed by atoms with Crippen LogP contribution in [0.3, 0.4) is 0 Å². The van der Waals surface area contributed by atoms with Gasteiger partial charge in [-0.15, -0.1) is 0 Å². The lowest BCUT2D eigenvalue weighted by atomic mass is 9.81. The fraction of sp³-hybridized carbons (Fsp3) is 0.926. The maximum Gasteiger partial charge on any atom is 0.229 e. The van der Waals surface area contributed by atoms with Gasteiger partial charge in [0, 0.05) is 0 Å². The van der Waals surface area contributed by atoms with Gasteiger partial charge in [0.25, 0.3) is 0 Å². The third-order valence-electron chi connectivity index (χ3n) is 6.43. The van der Waals surface area contributed by atoms with Gasteiger partial charge in [-0.05, 0) is 50.4 Å². The Labute approximate surface area is 203 Å². The Morgan fingerprint density at radius 3 is 1.12 bits per heavy atom. The van der Waals surface area contributed by atoms with Crippen molar-refractivity contribution in [2.45, 2.75) is 149 Å². The van der Waals surface area contributed by atoms with Crippen molar-refractivity contribution in [3.8, 4) is 0 Å². The predicted molar refractivity (Wildman–Crippen MR) is 137 cm³/mol. The minimum Gasteiger partial charge on any atom is -0.388 e. The second kappa shape index (κ2) is 15.7. The van der Waals surface area contributed by atoms with Crippen molar-refractivity contribution in [2.24, 2.45) is 11.8 Å². The number of amides is 2. The highest BCUT2D eigenvalue weighted by Gasteiger charge is 2.38. The van der Waals surface area contributed by atoms with E-state index in [1.165, 1.54) is 0 Å². The molecule has 0 radical (unpaired) electrons. The van der Waals surface area contributed by atoms with E-state index in [0.717, 1.165) is 25.7 Å². The number of hydrogen-bond donors (Lipinski definition) is 4. The number of carbonyl (C=O) groups excluding carboxylic acids is 2. The van der Waals surface area contributed by atoms with Gasteiger partial charge in [0.1, 0.15) is 6.42 Å². The summed E-state index contributed by atoms with van der Waals surface area (Å²) in [5, 5.41) is 28.6. The van der Waals surface area contributed by atoms with E-state index in [0.29, 0.717) is 50.4 Å². The molecule has 0 rings (SSSR count). The van der Waals surface area contributed by atoms with Gasteiger partial charge in [-0.3, -0.25) is 9.59 Å². The molecule has 2 unspecified atom stereocenters. The molecule has 0 bridgehead atoms. The molecule has 0 spiro atoms. The van der Waals surface area contributed by atoms with Crippen LogP contribution in [0.2, 0.25) is 0 Å². The van der Waals surface area contributed by atoms with Gasteiger partial charge in [0.15, 0.2) is 0 Å². The van der Waals surface area contributed by atoms with E-state index in [4.69, 9.17) is 0 Å². The molecule has 0 aromatic carbocycles. The molecule has 6 heteroatoms. The van der Waals surface area contributed by atoms with Gasteiger partial charge in [0.2, 0.25) is 11.8 Å². The van der Waals surface area contributed by atoms with Crippen molar-refractivity contribution in [2.75, 3.05) is 0 Å². The average molecular weight is 471 g/mol. The average Bonchev–Trinajstić information content (AvgIpc) is 2.67. The summed E-state index contributed by atoms with van der Waals surface area (Å²) in [4.78, 5) is 25.7. The molecule has 0 aliphatic rings. The minimum absolute atomic E-state index is 0.300. The molecule has 2 amide bonds. The van der Waals surface area contributed by atoms with E-state index in [-0.39, 0.29) is 30.3 Å². The molecule has 196 valence electrons. The molecular weight excluding hydrogens is 416 g/mol. The number of carbonyl (C=O) groups is 2. The SMILES string of the molecule is CCCC(O)(CCC)C(CC(C)C)NC(=O)CC(=O)NC(CC(C)C)C(O)(CCC)CCC. The van der Waals surface area contributed by atoms with Gasteiger partial charge in [-0.2, -0.15) is 0 Å². The zero-order chi connectivity index (χ0) is 25.7. The smallest absolute Gasteiger partial charge is 0.229 e. The van der Waals surface area contributed by atoms with Crippen LogP contribution >= 0.6 is 0 Å². The number of hydrogen-bond acceptors (Lipinski definition) is 4. The monoisotopic (exact) mass is 470 g/mol. The molecule has 33 heavy (non-hydrogen) atoms. The van der Waals surface area contributed by atoms with Crippen LogP contribution < -0.4 is 10.6 Å². The highest BCUT2D eigenvalue weighted by molar-refractivity contribution is 5.97. The van der Waals surface area contributed by atoms with E-state index < -0.39 is 11.2 Å². The predicted octanol–water partition coefficient (Wildman–Crippen LogP) is 5.10. The lowest BCUT2D eigenvalue weighted by molar-refractivity contribution is -0.133. The van der Waals surface area contributed by atoms with Gasteiger partial charge < -0.3 is 20.8 Å². The summed E-state index contributed by atoms with van der Waals surface area (Å²) >= 11 is 0. The quantitative estimate of drug-likeness (QED) is 0.209. The normalized spacial score (nSPS) is 14.4. The van der Waals surface area contributed by atoms with E-state index in [2.05, 4.69) is 38.3 Å². The third-order valence-corrected chi connectivity index (χ3v) is 6.43. The molecule has 0 aromatic rings. The molecule has 0 aliphatic carbocycles. The Hall–Kier alpha value is -1.14. The Balaban J connectivity index is 5.43. The standard InChI is InChI=1S/C27H54N2O4/c1-9-13-26(32,14-10-2)22(17-20(5)6)28-24(30)19-25(31)29-23(18-21(7)8)27(33,15-11-3)16-12-4/h20-23,32-33H,9-19H2,1-8H3,(H,28,30)(H,29,31). The van der Waals surface area contributed by atoms with Crippen molar-refractivity contribution in [3.63, 3.8) is 0 Å². The van der Waals surface area contributed by atoms with E-state index in [1.807, 2.05) is 27.7 Å². The molecule has 4 N–H and O–H groups in total. The van der Waals surface area contributed by atoms with Gasteiger partial charge in [-0.1, -0.05) is 81.1 Å². The maximum atomic E-state index is 12.9. The molecule has 0 aromatic heterocycles. The van der Waals surface area contributed by atoms with Crippen molar-refractivity contribution >= 4 is 11.8 Å². The Morgan fingerprint density at radius 1 is 0.636 bits per heavy atom. The third kappa shape index (κ3) is 11.7. The topological polar surface area (TPSA) is 98.7 Å². The van der Waals surface area contributed by atoms with Gasteiger partial charge in [-0.25, -0.2) is 0 Å². The summed E-state index contributed by atoms with van der Waals surface area (Å²) in [5.74, 6) is -0.140. The Kier molecular flexibility index (Phi) is 15.2. The van der Waals surface area contributed by atoms with Crippen LogP contribution in [0.5, 0.6) is 0 Å². The summed E-state index contributed by atoms with van der Waals surface area (Å²) < 4.78 is 0. The first kappa shape index (κ1) is 31.9. The fourth-order valence-electron chi connectivity index (χ4n) is 5.08. The van der Waals surface area contributed by atoms with Crippen LogP contribution in [-0.4, -0.2) is 45.3 Å². The summed E-state index contributed by atoms with van der Waals surface area (Å²) in [5.41, 5.74) is -1.94. The second-order valence-electron chi connectivity index (χ2n) is 10.9. The van der Waals surface area contributed by atoms with E-state index in [1.54, 1.807) is 0 Å². The molecule has 2 atom stereocenters. The fourth-order valence-corrected chi connectivity index (χ4v) is 5.08. The zero-order valence-electron chi connectivity index (χ0n) is 22.8. The van der Waals surface area contributed by atoms with Crippen LogP contribution in [0.4, 0.5) is 0 Å². The number of nitrogens with one attached hydrogen (secondary N) is 2. The maximum absolute atomic E-state index is 12.9. The zero-order valence-corrected chi connectivity index (χ0v) is 22.8. The van der Waals surface area contributed by atoms with Crippen molar-refractivity contribution in [1.29, 1.82) is 0 Å². The van der Waals surface area contributed by atoms with Crippen LogP contribution in [0.1, 0.15) is 126 Å². The highest BCUT2D eigenvalue weighted by atomic mass is 16.3. The lowest BCUT2D eigenvalue weighted by Crippen LogP contribution is -2.55. The molecule has 6 nitrogen and oxygen atoms in total. The summed E-state index contributed by atoms with van der Waals surface area (Å²) in [7, 11) is 0. The molecular formula is C27H54N2O4. The van der Waals surface area contributed by atoms with Crippen molar-refractivity contribution in [3.05, 3.63) is 0 Å². The van der Waals surface area contributed by atoms with E-state index >= 15 is 0 Å². The molecule has 0 fully saturated rings. The first-order chi connectivity index (χ1) is 15.4. The molecule has 0 aliphatic heterocycles. The molecule has 0 saturated carbocycles. The molecule has 0 heterocycles. The van der Waals surface area contributed by atoms with Gasteiger partial charge in [0.05, 0.1) is 23.3 Å². The first-order valence-electron chi connectivity index (χ1n) is 13.4. The van der Waals surface area contributed by atoms with Crippen LogP contribution in [-0.2, 0) is 9.59 Å². The first-order valence-corrected chi connectivity index (χ1v) is 13.4. The van der Waals surface area contributed by atoms with Crippen molar-refractivity contribution < 1.29 is 19.8 Å². The van der Waals surface area contributed by atoms with Crippen LogP contribution in [0.25, 0.3) is 0 Å². The van der Waals surface area contributed by atoms with Gasteiger partial charge >= 0.3 is 0 Å². The van der Waals surface area contributed by atoms with Crippen LogP contribution in [0.15, 0.2) is 0 Å². The van der Waals surface area contributed by atoms with Crippen LogP contribution in [0, 0.1) is 11.8 Å². The van der Waals surface area contributed by atoms with E-state index in [9.17, 15) is 19.8 Å². The lowest BCUT2D eigenvalue weighted by Gasteiger charge is -2.38. The summed E-state index contributed by atoms with van der Waals surface area (Å²) in [6.45, 7) is 16.4. The summed E-state index contributed by atoms with van der Waals surface area (Å²) in [6.07, 6.45) is 6.77. The summed E-state index contributed by atoms with van der Waals surface area (Å²) in [6, 6.07) is -0.775. The van der Waals surface area contributed by atoms with Crippen molar-refractivity contribution in [1.82, 2.24) is 10.6 Å². The number of aliphatic hydroxyl groups is 2. The molecule has 0 saturated heterocycles. The number of rotatable bonds is 18. The largest absolute Gasteiger partial charge is 0.388 e.